The second-order valence-corrected chi connectivity index (χ2v) is 5.87. The van der Waals surface area contributed by atoms with Crippen LogP contribution in [0.4, 0.5) is 24.5 Å². The second kappa shape index (κ2) is 7.10. The fourth-order valence-corrected chi connectivity index (χ4v) is 2.73. The first-order valence-electron chi connectivity index (χ1n) is 7.91. The molecule has 0 aliphatic carbocycles. The maximum atomic E-state index is 12.9. The number of alkyl halides is 3. The minimum absolute atomic E-state index is 0.0233. The van der Waals surface area contributed by atoms with Crippen LogP contribution in [0.5, 0.6) is 0 Å². The van der Waals surface area contributed by atoms with E-state index in [1.54, 1.807) is 36.1 Å². The minimum Gasteiger partial charge on any atom is -0.366 e. The number of halogens is 3. The molecule has 0 fully saturated rings. The molecule has 1 atom stereocenters. The van der Waals surface area contributed by atoms with E-state index in [2.05, 4.69) is 10.3 Å². The number of aryl methyl sites for hydroxylation is 1. The summed E-state index contributed by atoms with van der Waals surface area (Å²) in [4.78, 5) is 14.8. The van der Waals surface area contributed by atoms with Gasteiger partial charge in [-0.3, -0.25) is 10.1 Å². The van der Waals surface area contributed by atoms with Crippen LogP contribution in [-0.4, -0.2) is 14.5 Å². The summed E-state index contributed by atoms with van der Waals surface area (Å²) in [6.07, 6.45) is -1.37. The molecular formula is C18H15F3N4O2. The van der Waals surface area contributed by atoms with Crippen LogP contribution >= 0.6 is 0 Å². The molecule has 6 nitrogen and oxygen atoms in total. The molecule has 2 aromatic carbocycles. The van der Waals surface area contributed by atoms with Crippen LogP contribution in [0.15, 0.2) is 60.9 Å². The number of nitrogens with zero attached hydrogens (tertiary/aromatic N) is 3. The third-order valence-electron chi connectivity index (χ3n) is 4.07. The molecule has 0 aliphatic heterocycles. The van der Waals surface area contributed by atoms with Crippen LogP contribution in [0, 0.1) is 10.1 Å². The highest BCUT2D eigenvalue weighted by molar-refractivity contribution is 5.64. The van der Waals surface area contributed by atoms with Gasteiger partial charge < -0.3 is 9.88 Å². The Morgan fingerprint density at radius 2 is 1.89 bits per heavy atom. The zero-order chi connectivity index (χ0) is 19.6. The van der Waals surface area contributed by atoms with E-state index in [0.29, 0.717) is 11.9 Å². The minimum atomic E-state index is -4.66. The number of nitrogens with one attached hydrogen (secondary N) is 1. The van der Waals surface area contributed by atoms with E-state index in [1.807, 2.05) is 18.2 Å². The molecule has 0 unspecified atom stereocenters. The summed E-state index contributed by atoms with van der Waals surface area (Å²) in [6, 6.07) is 10.9. The molecule has 0 amide bonds. The number of nitro benzene ring substituents is 1. The summed E-state index contributed by atoms with van der Waals surface area (Å²) >= 11 is 0. The molecule has 1 heterocycles. The number of anilines is 1. The molecule has 3 aromatic rings. The van der Waals surface area contributed by atoms with Crippen molar-refractivity contribution in [2.24, 2.45) is 7.05 Å². The van der Waals surface area contributed by atoms with Crippen LogP contribution in [0.3, 0.4) is 0 Å². The number of imidazole rings is 1. The lowest BCUT2D eigenvalue weighted by Gasteiger charge is -2.20. The van der Waals surface area contributed by atoms with Gasteiger partial charge in [-0.1, -0.05) is 30.3 Å². The molecule has 0 spiro atoms. The fraction of sp³-hybridized carbons (Fsp3) is 0.167. The molecule has 0 radical (unpaired) electrons. The van der Waals surface area contributed by atoms with Gasteiger partial charge in [-0.2, -0.15) is 13.2 Å². The van der Waals surface area contributed by atoms with Crippen molar-refractivity contribution in [3.05, 3.63) is 88.0 Å². The molecule has 27 heavy (non-hydrogen) atoms. The first-order valence-corrected chi connectivity index (χ1v) is 7.91. The van der Waals surface area contributed by atoms with Gasteiger partial charge in [-0.25, -0.2) is 4.98 Å². The molecule has 0 bridgehead atoms. The van der Waals surface area contributed by atoms with Crippen molar-refractivity contribution in [3.8, 4) is 0 Å². The maximum Gasteiger partial charge on any atom is 0.416 e. The molecule has 1 aromatic heterocycles. The first-order chi connectivity index (χ1) is 12.8. The average molecular weight is 376 g/mol. The Hall–Kier alpha value is -3.36. The van der Waals surface area contributed by atoms with Gasteiger partial charge in [0.15, 0.2) is 0 Å². The van der Waals surface area contributed by atoms with Crippen LogP contribution in [0.25, 0.3) is 0 Å². The van der Waals surface area contributed by atoms with Gasteiger partial charge in [-0.15, -0.1) is 0 Å². The third kappa shape index (κ3) is 3.91. The fourth-order valence-electron chi connectivity index (χ4n) is 2.73. The van der Waals surface area contributed by atoms with Crippen molar-refractivity contribution in [1.82, 2.24) is 9.55 Å². The Bertz CT molecular complexity index is 955. The van der Waals surface area contributed by atoms with Crippen molar-refractivity contribution in [2.45, 2.75) is 12.2 Å². The van der Waals surface area contributed by atoms with Crippen molar-refractivity contribution in [1.29, 1.82) is 0 Å². The number of aromatic nitrogens is 2. The monoisotopic (exact) mass is 376 g/mol. The Morgan fingerprint density at radius 3 is 2.44 bits per heavy atom. The summed E-state index contributed by atoms with van der Waals surface area (Å²) < 4.78 is 40.5. The van der Waals surface area contributed by atoms with Gasteiger partial charge in [0, 0.05) is 25.5 Å². The van der Waals surface area contributed by atoms with E-state index in [1.165, 1.54) is 0 Å². The molecular weight excluding hydrogens is 361 g/mol. The smallest absolute Gasteiger partial charge is 0.366 e. The summed E-state index contributed by atoms with van der Waals surface area (Å²) in [5, 5.41) is 14.3. The zero-order valence-electron chi connectivity index (χ0n) is 14.1. The lowest BCUT2D eigenvalue weighted by atomic mass is 10.0. The van der Waals surface area contributed by atoms with Gasteiger partial charge in [0.2, 0.25) is 0 Å². The maximum absolute atomic E-state index is 12.9. The van der Waals surface area contributed by atoms with Gasteiger partial charge in [0.1, 0.15) is 17.6 Å². The van der Waals surface area contributed by atoms with E-state index in [0.717, 1.165) is 17.7 Å². The van der Waals surface area contributed by atoms with Crippen LogP contribution in [0.2, 0.25) is 0 Å². The lowest BCUT2D eigenvalue weighted by Crippen LogP contribution is -2.18. The van der Waals surface area contributed by atoms with Gasteiger partial charge in [-0.05, 0) is 17.7 Å². The van der Waals surface area contributed by atoms with Crippen LogP contribution in [-0.2, 0) is 13.2 Å². The standard InChI is InChI=1S/C18H15F3N4O2/c1-24-10-9-22-17(24)16(12-5-3-2-4-6-12)23-14-8-7-13(18(19,20)21)11-15(14)25(26)27/h2-11,16,23H,1H3/t16-/m0/s1. The van der Waals surface area contributed by atoms with E-state index in [-0.39, 0.29) is 5.69 Å². The lowest BCUT2D eigenvalue weighted by molar-refractivity contribution is -0.384. The van der Waals surface area contributed by atoms with Crippen LogP contribution in [0.1, 0.15) is 23.0 Å². The van der Waals surface area contributed by atoms with E-state index in [9.17, 15) is 23.3 Å². The highest BCUT2D eigenvalue weighted by atomic mass is 19.4. The van der Waals surface area contributed by atoms with Gasteiger partial charge in [0.05, 0.1) is 10.5 Å². The molecule has 3 rings (SSSR count). The molecule has 9 heteroatoms. The summed E-state index contributed by atoms with van der Waals surface area (Å²) in [6.45, 7) is 0. The topological polar surface area (TPSA) is 73.0 Å². The zero-order valence-corrected chi connectivity index (χ0v) is 14.1. The van der Waals surface area contributed by atoms with Crippen molar-refractivity contribution in [2.75, 3.05) is 5.32 Å². The number of benzene rings is 2. The quantitative estimate of drug-likeness (QED) is 0.524. The normalized spacial score (nSPS) is 12.6. The molecule has 0 saturated heterocycles. The van der Waals surface area contributed by atoms with E-state index >= 15 is 0 Å². The van der Waals surface area contributed by atoms with Gasteiger partial charge >= 0.3 is 6.18 Å². The first kappa shape index (κ1) is 18.4. The van der Waals surface area contributed by atoms with Crippen molar-refractivity contribution < 1.29 is 18.1 Å². The Labute approximate surface area is 152 Å². The van der Waals surface area contributed by atoms with Crippen molar-refractivity contribution >= 4 is 11.4 Å². The Balaban J connectivity index is 2.07. The predicted molar refractivity (Wildman–Crippen MR) is 93.2 cm³/mol. The predicted octanol–water partition coefficient (Wildman–Crippen LogP) is 4.55. The third-order valence-corrected chi connectivity index (χ3v) is 4.07. The molecule has 1 N–H and O–H groups in total. The SMILES string of the molecule is Cn1ccnc1[C@@H](Nc1ccc(C(F)(F)F)cc1[N+](=O)[O-])c1ccccc1. The Morgan fingerprint density at radius 1 is 1.19 bits per heavy atom. The molecule has 140 valence electrons. The highest BCUT2D eigenvalue weighted by Crippen LogP contribution is 2.37. The van der Waals surface area contributed by atoms with Crippen molar-refractivity contribution in [3.63, 3.8) is 0 Å². The van der Waals surface area contributed by atoms with Crippen LogP contribution < -0.4 is 5.32 Å². The Kier molecular flexibility index (Phi) is 4.85. The van der Waals surface area contributed by atoms with E-state index in [4.69, 9.17) is 0 Å². The highest BCUT2D eigenvalue weighted by Gasteiger charge is 2.33. The van der Waals surface area contributed by atoms with Gasteiger partial charge in [0.25, 0.3) is 5.69 Å². The largest absolute Gasteiger partial charge is 0.416 e. The molecule has 0 saturated carbocycles. The summed E-state index contributed by atoms with van der Waals surface area (Å²) in [5.41, 5.74) is -0.987. The van der Waals surface area contributed by atoms with E-state index < -0.39 is 28.4 Å². The average Bonchev–Trinajstić information content (AvgIpc) is 3.05. The number of hydrogen-bond donors (Lipinski definition) is 1. The summed E-state index contributed by atoms with van der Waals surface area (Å²) in [5.74, 6) is 0.565. The molecule has 0 aliphatic rings. The number of rotatable bonds is 5. The number of hydrogen-bond acceptors (Lipinski definition) is 4. The second-order valence-electron chi connectivity index (χ2n) is 5.87. The summed E-state index contributed by atoms with van der Waals surface area (Å²) in [7, 11) is 1.76. The number of nitro groups is 1.